The van der Waals surface area contributed by atoms with Gasteiger partial charge in [0.25, 0.3) is 0 Å². The van der Waals surface area contributed by atoms with E-state index in [0.717, 1.165) is 6.42 Å². The number of rotatable bonds is 6. The summed E-state index contributed by atoms with van der Waals surface area (Å²) >= 11 is 0. The number of carbonyl (C=O) groups is 1. The van der Waals surface area contributed by atoms with Crippen LogP contribution in [-0.2, 0) is 17.8 Å². The SMILES string of the molecule is CCc1ccc(CN(C)CC(N)C(=O)O)cc1. The summed E-state index contributed by atoms with van der Waals surface area (Å²) in [5.41, 5.74) is 7.95. The number of hydrogen-bond acceptors (Lipinski definition) is 3. The van der Waals surface area contributed by atoms with E-state index in [4.69, 9.17) is 10.8 Å². The van der Waals surface area contributed by atoms with E-state index in [9.17, 15) is 4.79 Å². The maximum absolute atomic E-state index is 10.6. The molecule has 0 aliphatic heterocycles. The first-order valence-corrected chi connectivity index (χ1v) is 5.77. The van der Waals surface area contributed by atoms with E-state index in [1.807, 2.05) is 11.9 Å². The van der Waals surface area contributed by atoms with E-state index >= 15 is 0 Å². The van der Waals surface area contributed by atoms with Crippen LogP contribution in [-0.4, -0.2) is 35.6 Å². The summed E-state index contributed by atoms with van der Waals surface area (Å²) in [5, 5.41) is 8.71. The van der Waals surface area contributed by atoms with Crippen LogP contribution in [0.15, 0.2) is 24.3 Å². The Morgan fingerprint density at radius 2 is 1.88 bits per heavy atom. The fourth-order valence-electron chi connectivity index (χ4n) is 1.67. The molecule has 17 heavy (non-hydrogen) atoms. The molecule has 4 heteroatoms. The third-order valence-corrected chi connectivity index (χ3v) is 2.71. The highest BCUT2D eigenvalue weighted by Crippen LogP contribution is 2.07. The highest BCUT2D eigenvalue weighted by molar-refractivity contribution is 5.73. The average molecular weight is 236 g/mol. The maximum atomic E-state index is 10.6. The first-order valence-electron chi connectivity index (χ1n) is 5.77. The molecule has 0 heterocycles. The Balaban J connectivity index is 2.49. The van der Waals surface area contributed by atoms with Crippen molar-refractivity contribution in [3.63, 3.8) is 0 Å². The lowest BCUT2D eigenvalue weighted by Gasteiger charge is -2.19. The van der Waals surface area contributed by atoms with Crippen molar-refractivity contribution < 1.29 is 9.90 Å². The third kappa shape index (κ3) is 4.54. The zero-order valence-electron chi connectivity index (χ0n) is 10.4. The summed E-state index contributed by atoms with van der Waals surface area (Å²) < 4.78 is 0. The molecule has 0 saturated carbocycles. The molecule has 1 aromatic carbocycles. The zero-order chi connectivity index (χ0) is 12.8. The van der Waals surface area contributed by atoms with E-state index in [0.29, 0.717) is 13.1 Å². The quantitative estimate of drug-likeness (QED) is 0.776. The van der Waals surface area contributed by atoms with Gasteiger partial charge in [-0.1, -0.05) is 31.2 Å². The fraction of sp³-hybridized carbons (Fsp3) is 0.462. The number of benzene rings is 1. The lowest BCUT2D eigenvalue weighted by atomic mass is 10.1. The van der Waals surface area contributed by atoms with Crippen LogP contribution in [0.4, 0.5) is 0 Å². The molecule has 0 radical (unpaired) electrons. The Hall–Kier alpha value is -1.39. The Bertz CT molecular complexity index is 362. The Morgan fingerprint density at radius 1 is 1.35 bits per heavy atom. The predicted octanol–water partition coefficient (Wildman–Crippen LogP) is 1.09. The van der Waals surface area contributed by atoms with Gasteiger partial charge in [0.05, 0.1) is 0 Å². The van der Waals surface area contributed by atoms with Crippen molar-refractivity contribution in [2.75, 3.05) is 13.6 Å². The third-order valence-electron chi connectivity index (χ3n) is 2.71. The predicted molar refractivity (Wildman–Crippen MR) is 67.8 cm³/mol. The molecule has 0 aliphatic rings. The minimum Gasteiger partial charge on any atom is -0.480 e. The average Bonchev–Trinajstić information content (AvgIpc) is 2.29. The van der Waals surface area contributed by atoms with Crippen LogP contribution in [0.1, 0.15) is 18.1 Å². The largest absolute Gasteiger partial charge is 0.480 e. The second kappa shape index (κ2) is 6.37. The molecule has 0 amide bonds. The summed E-state index contributed by atoms with van der Waals surface area (Å²) in [5.74, 6) is -0.960. The van der Waals surface area contributed by atoms with Crippen molar-refractivity contribution in [2.45, 2.75) is 25.9 Å². The van der Waals surface area contributed by atoms with Gasteiger partial charge in [-0.15, -0.1) is 0 Å². The number of likely N-dealkylation sites (N-methyl/N-ethyl adjacent to an activating group) is 1. The number of nitrogens with two attached hydrogens (primary N) is 1. The molecule has 1 aromatic rings. The van der Waals surface area contributed by atoms with Gasteiger partial charge in [0.2, 0.25) is 0 Å². The lowest BCUT2D eigenvalue weighted by Crippen LogP contribution is -2.40. The van der Waals surface area contributed by atoms with Crippen LogP contribution in [0, 0.1) is 0 Å². The van der Waals surface area contributed by atoms with Crippen LogP contribution >= 0.6 is 0 Å². The van der Waals surface area contributed by atoms with E-state index in [1.54, 1.807) is 0 Å². The van der Waals surface area contributed by atoms with Gasteiger partial charge in [-0.25, -0.2) is 0 Å². The van der Waals surface area contributed by atoms with Crippen molar-refractivity contribution in [3.05, 3.63) is 35.4 Å². The molecular formula is C13H20N2O2. The molecule has 0 spiro atoms. The minimum atomic E-state index is -0.960. The fourth-order valence-corrected chi connectivity index (χ4v) is 1.67. The Morgan fingerprint density at radius 3 is 2.35 bits per heavy atom. The van der Waals surface area contributed by atoms with Crippen molar-refractivity contribution in [1.82, 2.24) is 4.90 Å². The molecule has 0 saturated heterocycles. The summed E-state index contributed by atoms with van der Waals surface area (Å²) in [6.07, 6.45) is 1.03. The monoisotopic (exact) mass is 236 g/mol. The molecule has 1 rings (SSSR count). The number of hydrogen-bond donors (Lipinski definition) is 2. The number of nitrogens with zero attached hydrogens (tertiary/aromatic N) is 1. The standard InChI is InChI=1S/C13H20N2O2/c1-3-10-4-6-11(7-5-10)8-15(2)9-12(14)13(16)17/h4-7,12H,3,8-9,14H2,1-2H3,(H,16,17). The summed E-state index contributed by atoms with van der Waals surface area (Å²) in [7, 11) is 1.87. The minimum absolute atomic E-state index is 0.352. The molecular weight excluding hydrogens is 216 g/mol. The van der Waals surface area contributed by atoms with Gasteiger partial charge in [0.1, 0.15) is 6.04 Å². The van der Waals surface area contributed by atoms with E-state index < -0.39 is 12.0 Å². The van der Waals surface area contributed by atoms with Crippen LogP contribution in [0.25, 0.3) is 0 Å². The van der Waals surface area contributed by atoms with Crippen LogP contribution in [0.3, 0.4) is 0 Å². The summed E-state index contributed by atoms with van der Waals surface area (Å²) in [6.45, 7) is 3.18. The van der Waals surface area contributed by atoms with Gasteiger partial charge >= 0.3 is 5.97 Å². The number of carboxylic acids is 1. The topological polar surface area (TPSA) is 66.6 Å². The zero-order valence-corrected chi connectivity index (χ0v) is 10.4. The van der Waals surface area contributed by atoms with Gasteiger partial charge in [-0.2, -0.15) is 0 Å². The van der Waals surface area contributed by atoms with Gasteiger partial charge < -0.3 is 10.8 Å². The second-order valence-electron chi connectivity index (χ2n) is 4.31. The molecule has 0 bridgehead atoms. The molecule has 0 aromatic heterocycles. The molecule has 4 nitrogen and oxygen atoms in total. The molecule has 1 atom stereocenters. The second-order valence-corrected chi connectivity index (χ2v) is 4.31. The molecule has 3 N–H and O–H groups in total. The number of aryl methyl sites for hydroxylation is 1. The van der Waals surface area contributed by atoms with E-state index in [-0.39, 0.29) is 0 Å². The normalized spacial score (nSPS) is 12.7. The summed E-state index contributed by atoms with van der Waals surface area (Å²) in [4.78, 5) is 12.5. The van der Waals surface area contributed by atoms with Crippen molar-refractivity contribution in [1.29, 1.82) is 0 Å². The molecule has 94 valence electrons. The van der Waals surface area contributed by atoms with Crippen molar-refractivity contribution in [2.24, 2.45) is 5.73 Å². The highest BCUT2D eigenvalue weighted by atomic mass is 16.4. The van der Waals surface area contributed by atoms with Gasteiger partial charge in [-0.05, 0) is 24.6 Å². The Kier molecular flexibility index (Phi) is 5.12. The molecule has 0 fully saturated rings. The van der Waals surface area contributed by atoms with Crippen molar-refractivity contribution in [3.8, 4) is 0 Å². The van der Waals surface area contributed by atoms with Crippen LogP contribution in [0.5, 0.6) is 0 Å². The van der Waals surface area contributed by atoms with E-state index in [1.165, 1.54) is 11.1 Å². The highest BCUT2D eigenvalue weighted by Gasteiger charge is 2.13. The van der Waals surface area contributed by atoms with Crippen LogP contribution < -0.4 is 5.73 Å². The lowest BCUT2D eigenvalue weighted by molar-refractivity contribution is -0.138. The van der Waals surface area contributed by atoms with Crippen LogP contribution in [0.2, 0.25) is 0 Å². The number of carboxylic acid groups (broad SMARTS) is 1. The van der Waals surface area contributed by atoms with Gasteiger partial charge in [0.15, 0.2) is 0 Å². The Labute approximate surface area is 102 Å². The first kappa shape index (κ1) is 13.7. The first-order chi connectivity index (χ1) is 8.02. The summed E-state index contributed by atoms with van der Waals surface area (Å²) in [6, 6.07) is 7.51. The number of aliphatic carboxylic acids is 1. The van der Waals surface area contributed by atoms with Gasteiger partial charge in [0, 0.05) is 13.1 Å². The molecule has 0 aliphatic carbocycles. The smallest absolute Gasteiger partial charge is 0.321 e. The molecule has 1 unspecified atom stereocenters. The van der Waals surface area contributed by atoms with Crippen molar-refractivity contribution >= 4 is 5.97 Å². The van der Waals surface area contributed by atoms with E-state index in [2.05, 4.69) is 31.2 Å². The van der Waals surface area contributed by atoms with Gasteiger partial charge in [-0.3, -0.25) is 9.69 Å². The maximum Gasteiger partial charge on any atom is 0.321 e.